The number of carbonyl (C=O) groups excluding carboxylic acids is 1. The van der Waals surface area contributed by atoms with Gasteiger partial charge in [-0.2, -0.15) is 0 Å². The van der Waals surface area contributed by atoms with Gasteiger partial charge < -0.3 is 14.5 Å². The van der Waals surface area contributed by atoms with Gasteiger partial charge in [-0.25, -0.2) is 0 Å². The number of thioether (sulfide) groups is 1. The first-order chi connectivity index (χ1) is 20.7. The van der Waals surface area contributed by atoms with E-state index in [-0.39, 0.29) is 11.3 Å². The summed E-state index contributed by atoms with van der Waals surface area (Å²) in [6.45, 7) is 14.9. The van der Waals surface area contributed by atoms with Crippen LogP contribution in [-0.4, -0.2) is 23.3 Å². The van der Waals surface area contributed by atoms with Crippen molar-refractivity contribution in [3.63, 3.8) is 0 Å². The Bertz CT molecular complexity index is 1150. The van der Waals surface area contributed by atoms with Gasteiger partial charge in [-0.15, -0.1) is 11.8 Å². The highest BCUT2D eigenvalue weighted by molar-refractivity contribution is 8.03. The highest BCUT2D eigenvalue weighted by atomic mass is 32.2. The number of ether oxygens (including phenoxy) is 1. The highest BCUT2D eigenvalue weighted by Gasteiger charge is 2.21. The lowest BCUT2D eigenvalue weighted by molar-refractivity contribution is -0.116. The van der Waals surface area contributed by atoms with Crippen LogP contribution >= 0.6 is 11.8 Å². The van der Waals surface area contributed by atoms with Gasteiger partial charge in [-0.3, -0.25) is 4.79 Å². The average Bonchev–Trinajstić information content (AvgIpc) is 3.37. The second-order valence-electron chi connectivity index (χ2n) is 13.4. The summed E-state index contributed by atoms with van der Waals surface area (Å²) >= 11 is 1.87. The molecule has 1 aliphatic heterocycles. The van der Waals surface area contributed by atoms with Crippen molar-refractivity contribution < 1.29 is 9.53 Å². The molecule has 4 nitrogen and oxygen atoms in total. The molecule has 0 spiro atoms. The van der Waals surface area contributed by atoms with Gasteiger partial charge in [0.05, 0.1) is 19.0 Å². The van der Waals surface area contributed by atoms with Crippen LogP contribution in [0.5, 0.6) is 5.75 Å². The maximum Gasteiger partial charge on any atom is 0.224 e. The number of nitrogens with zero attached hydrogens (tertiary/aromatic N) is 2. The fourth-order valence-electron chi connectivity index (χ4n) is 5.76. The zero-order valence-corrected chi connectivity index (χ0v) is 28.9. The van der Waals surface area contributed by atoms with Gasteiger partial charge in [0.15, 0.2) is 0 Å². The molecule has 2 aromatic rings. The molecule has 5 heteroatoms. The van der Waals surface area contributed by atoms with Crippen molar-refractivity contribution >= 4 is 23.4 Å². The van der Waals surface area contributed by atoms with E-state index in [0.717, 1.165) is 42.4 Å². The van der Waals surface area contributed by atoms with Crippen LogP contribution in [0.15, 0.2) is 53.6 Å². The fourth-order valence-corrected chi connectivity index (χ4v) is 6.52. The summed E-state index contributed by atoms with van der Waals surface area (Å²) in [6.07, 6.45) is 18.3. The van der Waals surface area contributed by atoms with Crippen LogP contribution < -0.4 is 9.64 Å². The van der Waals surface area contributed by atoms with Crippen LogP contribution in [-0.2, 0) is 23.3 Å². The number of rotatable bonds is 19. The highest BCUT2D eigenvalue weighted by Crippen LogP contribution is 2.33. The number of amides is 1. The molecule has 238 valence electrons. The summed E-state index contributed by atoms with van der Waals surface area (Å²) in [5.41, 5.74) is 4.45. The molecule has 3 rings (SSSR count). The second kappa shape index (κ2) is 18.4. The Morgan fingerprint density at radius 3 is 2.12 bits per heavy atom. The predicted octanol–water partition coefficient (Wildman–Crippen LogP) is 11.0. The van der Waals surface area contributed by atoms with E-state index in [0.29, 0.717) is 6.54 Å². The minimum absolute atomic E-state index is 0.0142. The van der Waals surface area contributed by atoms with Crippen LogP contribution in [0.1, 0.15) is 135 Å². The number of unbranched alkanes of at least 4 members (excludes halogenated alkanes) is 11. The van der Waals surface area contributed by atoms with Crippen molar-refractivity contribution in [3.05, 3.63) is 70.3 Å². The number of hydrogen-bond acceptors (Lipinski definition) is 4. The number of allylic oxidation sites excluding steroid dienone is 1. The summed E-state index contributed by atoms with van der Waals surface area (Å²) in [5.74, 6) is 1.98. The maximum absolute atomic E-state index is 12.8. The van der Waals surface area contributed by atoms with E-state index < -0.39 is 0 Å². The standard InChI is InChI=1S/C38H58N2O2S/c1-7-8-9-10-11-12-13-14-15-16-17-18-24-42-37-26-34(22-23-36(37)38(4,5)6)29-40(32(3)41)35-21-19-20-33(25-35)28-39-27-31(2)43-30-39/h19-23,25-27H,7-18,24,28-30H2,1-6H3. The SMILES string of the molecule is CCCCCCCCCCCCCCOc1cc(CN(C(C)=O)c2cccc(CN3C=C(C)SC3)c2)ccc1C(C)(C)C. The van der Waals surface area contributed by atoms with Crippen LogP contribution in [0.3, 0.4) is 0 Å². The zero-order chi connectivity index (χ0) is 31.1. The van der Waals surface area contributed by atoms with Crippen molar-refractivity contribution in [2.45, 2.75) is 137 Å². The molecule has 0 bridgehead atoms. The third-order valence-corrected chi connectivity index (χ3v) is 9.28. The molecular weight excluding hydrogens is 548 g/mol. The van der Waals surface area contributed by atoms with E-state index in [4.69, 9.17) is 4.74 Å². The lowest BCUT2D eigenvalue weighted by atomic mass is 9.85. The molecule has 0 fully saturated rings. The number of anilines is 1. The largest absolute Gasteiger partial charge is 0.493 e. The third-order valence-electron chi connectivity index (χ3n) is 8.26. The van der Waals surface area contributed by atoms with E-state index >= 15 is 0 Å². The molecule has 0 unspecified atom stereocenters. The van der Waals surface area contributed by atoms with Gasteiger partial charge in [-0.05, 0) is 58.6 Å². The Hall–Kier alpha value is -2.40. The van der Waals surface area contributed by atoms with E-state index in [2.05, 4.69) is 82.1 Å². The van der Waals surface area contributed by atoms with E-state index in [1.165, 1.54) is 86.7 Å². The van der Waals surface area contributed by atoms with Crippen molar-refractivity contribution in [1.29, 1.82) is 0 Å². The van der Waals surface area contributed by atoms with Crippen LogP contribution in [0.4, 0.5) is 5.69 Å². The quantitative estimate of drug-likeness (QED) is 0.149. The minimum atomic E-state index is -0.0142. The molecule has 2 aromatic carbocycles. The zero-order valence-electron chi connectivity index (χ0n) is 28.1. The Morgan fingerprint density at radius 1 is 0.884 bits per heavy atom. The summed E-state index contributed by atoms with van der Waals surface area (Å²) in [6, 6.07) is 14.9. The molecule has 1 amide bonds. The number of carbonyl (C=O) groups is 1. The second-order valence-corrected chi connectivity index (χ2v) is 14.5. The van der Waals surface area contributed by atoms with Crippen LogP contribution in [0.2, 0.25) is 0 Å². The first-order valence-electron chi connectivity index (χ1n) is 16.9. The summed E-state index contributed by atoms with van der Waals surface area (Å²) in [5, 5.41) is 0. The molecule has 0 saturated carbocycles. The number of benzene rings is 2. The number of hydrogen-bond donors (Lipinski definition) is 0. The fraction of sp³-hybridized carbons (Fsp3) is 0.605. The smallest absolute Gasteiger partial charge is 0.224 e. The van der Waals surface area contributed by atoms with Gasteiger partial charge in [0.2, 0.25) is 5.91 Å². The summed E-state index contributed by atoms with van der Waals surface area (Å²) in [4.78, 5) is 18.4. The maximum atomic E-state index is 12.8. The lowest BCUT2D eigenvalue weighted by Crippen LogP contribution is -2.28. The molecule has 0 atom stereocenters. The first kappa shape index (κ1) is 35.1. The van der Waals surface area contributed by atoms with Gasteiger partial charge >= 0.3 is 0 Å². The molecule has 1 heterocycles. The minimum Gasteiger partial charge on any atom is -0.493 e. The Kier molecular flexibility index (Phi) is 15.0. The van der Waals surface area contributed by atoms with Crippen molar-refractivity contribution in [3.8, 4) is 5.75 Å². The topological polar surface area (TPSA) is 32.8 Å². The van der Waals surface area contributed by atoms with Gasteiger partial charge in [0.25, 0.3) is 0 Å². The van der Waals surface area contributed by atoms with Gasteiger partial charge in [0.1, 0.15) is 5.75 Å². The van der Waals surface area contributed by atoms with E-state index in [1.807, 2.05) is 22.7 Å². The molecule has 0 aliphatic carbocycles. The third kappa shape index (κ3) is 12.6. The molecule has 0 aromatic heterocycles. The molecule has 0 radical (unpaired) electrons. The first-order valence-corrected chi connectivity index (χ1v) is 17.8. The van der Waals surface area contributed by atoms with Crippen molar-refractivity contribution in [2.75, 3.05) is 17.4 Å². The van der Waals surface area contributed by atoms with Crippen LogP contribution in [0.25, 0.3) is 0 Å². The molecule has 0 saturated heterocycles. The van der Waals surface area contributed by atoms with Gasteiger partial charge in [-0.1, -0.05) is 123 Å². The average molecular weight is 607 g/mol. The monoisotopic (exact) mass is 606 g/mol. The van der Waals surface area contributed by atoms with Crippen molar-refractivity contribution in [2.24, 2.45) is 0 Å². The van der Waals surface area contributed by atoms with Crippen molar-refractivity contribution in [1.82, 2.24) is 4.90 Å². The normalized spacial score (nSPS) is 13.3. The summed E-state index contributed by atoms with van der Waals surface area (Å²) < 4.78 is 6.43. The Labute approximate surface area is 267 Å². The predicted molar refractivity (Wildman–Crippen MR) is 187 cm³/mol. The van der Waals surface area contributed by atoms with Gasteiger partial charge in [0, 0.05) is 25.4 Å². The summed E-state index contributed by atoms with van der Waals surface area (Å²) in [7, 11) is 0. The molecule has 0 N–H and O–H groups in total. The lowest BCUT2D eigenvalue weighted by Gasteiger charge is -2.26. The van der Waals surface area contributed by atoms with Crippen LogP contribution in [0, 0.1) is 0 Å². The van der Waals surface area contributed by atoms with E-state index in [1.54, 1.807) is 6.92 Å². The Balaban J connectivity index is 1.53. The molecule has 43 heavy (non-hydrogen) atoms. The molecular formula is C38H58N2O2S. The molecule has 1 aliphatic rings. The van der Waals surface area contributed by atoms with E-state index in [9.17, 15) is 4.79 Å². The Morgan fingerprint density at radius 2 is 1.53 bits per heavy atom.